The fraction of sp³-hybridized carbons (Fsp3) is 0.485. The van der Waals surface area contributed by atoms with Crippen LogP contribution in [0.4, 0.5) is 0 Å². The molecule has 2 aromatic rings. The van der Waals surface area contributed by atoms with Crippen LogP contribution in [0.3, 0.4) is 0 Å². The van der Waals surface area contributed by atoms with Crippen LogP contribution in [0.1, 0.15) is 49.5 Å². The topological polar surface area (TPSA) is 177 Å². The third kappa shape index (κ3) is 9.42. The Morgan fingerprint density at radius 1 is 0.833 bits per heavy atom. The molecule has 2 amide bonds. The first-order valence-corrected chi connectivity index (χ1v) is 15.4. The first-order chi connectivity index (χ1) is 22.8. The van der Waals surface area contributed by atoms with E-state index in [2.05, 4.69) is 10.8 Å². The standard InChI is InChI=1S/C33H41N3O12/c1-18-27(44-19(2)37)29(45-20(3)38)30(46-21(4)39)33(43-18)48-35-31(40)22-11-13-23(14-12-22)42-16-15-34-32(41)28-25(17-36(5)6)24-9-7-8-10-26(24)47-28/h7-14,18,25,27-30,33H,15-17H2,1-6H3,(H,34,41)(H,35,40)/t18-,25?,27+,28?,29+,30-,33-/m0/s1. The molecule has 260 valence electrons. The molecule has 1 saturated heterocycles. The Hall–Kier alpha value is -4.73. The van der Waals surface area contributed by atoms with Crippen LogP contribution in [0.15, 0.2) is 48.5 Å². The third-order valence-corrected chi connectivity index (χ3v) is 7.45. The minimum atomic E-state index is -1.41. The zero-order valence-corrected chi connectivity index (χ0v) is 27.6. The van der Waals surface area contributed by atoms with Gasteiger partial charge in [0.15, 0.2) is 24.4 Å². The number of rotatable bonds is 13. The van der Waals surface area contributed by atoms with Gasteiger partial charge in [0.25, 0.3) is 11.8 Å². The maximum atomic E-state index is 13.0. The summed E-state index contributed by atoms with van der Waals surface area (Å²) in [7, 11) is 3.90. The number of fused-ring (bicyclic) bond motifs is 1. The van der Waals surface area contributed by atoms with Crippen molar-refractivity contribution in [2.45, 2.75) is 70.4 Å². The third-order valence-electron chi connectivity index (χ3n) is 7.45. The highest BCUT2D eigenvalue weighted by atomic mass is 16.8. The number of nitrogens with one attached hydrogen (secondary N) is 2. The van der Waals surface area contributed by atoms with Crippen molar-refractivity contribution in [3.8, 4) is 11.5 Å². The smallest absolute Gasteiger partial charge is 0.303 e. The van der Waals surface area contributed by atoms with Crippen molar-refractivity contribution in [2.24, 2.45) is 0 Å². The number of likely N-dealkylation sites (N-methyl/N-ethyl adjacent to an activating group) is 1. The Balaban J connectivity index is 1.28. The highest BCUT2D eigenvalue weighted by molar-refractivity contribution is 5.93. The van der Waals surface area contributed by atoms with E-state index in [1.807, 2.05) is 43.3 Å². The highest BCUT2D eigenvalue weighted by Gasteiger charge is 2.51. The van der Waals surface area contributed by atoms with Crippen molar-refractivity contribution >= 4 is 29.7 Å². The average Bonchev–Trinajstić information content (AvgIpc) is 3.38. The SMILES string of the molecule is CC(=O)O[C@H]1[C@H](OC(C)=O)[C@H](ONC(=O)c2ccc(OCCNC(=O)C3Oc4ccccc4C3CN(C)C)cc2)O[C@@H](C)[C@H]1OC(C)=O. The number of benzene rings is 2. The number of para-hydroxylation sites is 1. The van der Waals surface area contributed by atoms with Gasteiger partial charge in [0, 0.05) is 44.4 Å². The molecule has 7 atom stereocenters. The maximum Gasteiger partial charge on any atom is 0.303 e. The van der Waals surface area contributed by atoms with E-state index in [-0.39, 0.29) is 30.5 Å². The van der Waals surface area contributed by atoms with Crippen molar-refractivity contribution < 1.29 is 57.2 Å². The zero-order valence-electron chi connectivity index (χ0n) is 27.6. The van der Waals surface area contributed by atoms with Crippen LogP contribution in [0.2, 0.25) is 0 Å². The van der Waals surface area contributed by atoms with Gasteiger partial charge in [-0.1, -0.05) is 18.2 Å². The summed E-state index contributed by atoms with van der Waals surface area (Å²) in [5.74, 6) is -1.98. The van der Waals surface area contributed by atoms with Gasteiger partial charge in [0.05, 0.1) is 12.6 Å². The molecule has 4 rings (SSSR count). The molecule has 2 heterocycles. The second-order valence-electron chi connectivity index (χ2n) is 11.6. The molecular formula is C33H41N3O12. The zero-order chi connectivity index (χ0) is 35.0. The lowest BCUT2D eigenvalue weighted by Crippen LogP contribution is -2.62. The van der Waals surface area contributed by atoms with Gasteiger partial charge in [-0.3, -0.25) is 24.0 Å². The summed E-state index contributed by atoms with van der Waals surface area (Å²) < 4.78 is 33.3. The predicted molar refractivity (Wildman–Crippen MR) is 167 cm³/mol. The van der Waals surface area contributed by atoms with E-state index in [0.717, 1.165) is 19.4 Å². The van der Waals surface area contributed by atoms with Gasteiger partial charge in [-0.25, -0.2) is 10.3 Å². The van der Waals surface area contributed by atoms with Crippen molar-refractivity contribution in [2.75, 3.05) is 33.8 Å². The van der Waals surface area contributed by atoms with E-state index in [9.17, 15) is 24.0 Å². The molecule has 2 aliphatic heterocycles. The minimum absolute atomic E-state index is 0.103. The molecule has 2 unspecified atom stereocenters. The van der Waals surface area contributed by atoms with Gasteiger partial charge < -0.3 is 38.6 Å². The summed E-state index contributed by atoms with van der Waals surface area (Å²) in [4.78, 5) is 68.7. The Morgan fingerprint density at radius 2 is 1.46 bits per heavy atom. The summed E-state index contributed by atoms with van der Waals surface area (Å²) in [5, 5.41) is 2.87. The molecule has 0 radical (unpaired) electrons. The largest absolute Gasteiger partial charge is 0.492 e. The summed E-state index contributed by atoms with van der Waals surface area (Å²) >= 11 is 0. The van der Waals surface area contributed by atoms with Crippen LogP contribution >= 0.6 is 0 Å². The van der Waals surface area contributed by atoms with E-state index in [4.69, 9.17) is 33.3 Å². The fourth-order valence-electron chi connectivity index (χ4n) is 5.48. The first-order valence-electron chi connectivity index (χ1n) is 15.4. The normalized spacial score (nSPS) is 24.4. The molecule has 0 saturated carbocycles. The predicted octanol–water partition coefficient (Wildman–Crippen LogP) is 1.49. The summed E-state index contributed by atoms with van der Waals surface area (Å²) in [6.07, 6.45) is -6.69. The first kappa shape index (κ1) is 36.1. The lowest BCUT2D eigenvalue weighted by atomic mass is 9.94. The second kappa shape index (κ2) is 16.4. The monoisotopic (exact) mass is 671 g/mol. The van der Waals surface area contributed by atoms with Crippen molar-refractivity contribution in [1.29, 1.82) is 0 Å². The van der Waals surface area contributed by atoms with Gasteiger partial charge in [-0.15, -0.1) is 0 Å². The quantitative estimate of drug-likeness (QED) is 0.136. The molecule has 2 aromatic carbocycles. The number of esters is 3. The van der Waals surface area contributed by atoms with E-state index < -0.39 is 60.6 Å². The number of hydrogen-bond donors (Lipinski definition) is 2. The molecule has 1 fully saturated rings. The Labute approximate surface area is 278 Å². The Bertz CT molecular complexity index is 1470. The Kier molecular flexibility index (Phi) is 12.3. The molecule has 0 aliphatic carbocycles. The van der Waals surface area contributed by atoms with Crippen LogP contribution in [0, 0.1) is 0 Å². The number of hydrogen-bond acceptors (Lipinski definition) is 13. The van der Waals surface area contributed by atoms with Crippen molar-refractivity contribution in [1.82, 2.24) is 15.7 Å². The summed E-state index contributed by atoms with van der Waals surface area (Å²) in [6.45, 7) is 6.04. The molecule has 0 spiro atoms. The minimum Gasteiger partial charge on any atom is -0.492 e. The van der Waals surface area contributed by atoms with Crippen molar-refractivity contribution in [3.63, 3.8) is 0 Å². The van der Waals surface area contributed by atoms with Crippen LogP contribution in [0.5, 0.6) is 11.5 Å². The number of nitrogens with zero attached hydrogens (tertiary/aromatic N) is 1. The molecule has 0 aromatic heterocycles. The van der Waals surface area contributed by atoms with E-state index in [1.54, 1.807) is 19.1 Å². The van der Waals surface area contributed by atoms with Gasteiger partial charge in [-0.05, 0) is 51.4 Å². The molecule has 48 heavy (non-hydrogen) atoms. The van der Waals surface area contributed by atoms with E-state index in [1.165, 1.54) is 19.1 Å². The maximum absolute atomic E-state index is 13.0. The summed E-state index contributed by atoms with van der Waals surface area (Å²) in [6, 6.07) is 13.8. The number of carbonyl (C=O) groups is 5. The number of carbonyl (C=O) groups excluding carboxylic acids is 5. The molecule has 0 bridgehead atoms. The van der Waals surface area contributed by atoms with Crippen LogP contribution in [0.25, 0.3) is 0 Å². The van der Waals surface area contributed by atoms with Crippen LogP contribution < -0.4 is 20.3 Å². The molecule has 15 heteroatoms. The Morgan fingerprint density at radius 3 is 2.10 bits per heavy atom. The van der Waals surface area contributed by atoms with Crippen LogP contribution in [-0.4, -0.2) is 105 Å². The van der Waals surface area contributed by atoms with E-state index in [0.29, 0.717) is 18.0 Å². The van der Waals surface area contributed by atoms with Gasteiger partial charge in [0.2, 0.25) is 6.29 Å². The number of amides is 2. The van der Waals surface area contributed by atoms with Gasteiger partial charge >= 0.3 is 17.9 Å². The lowest BCUT2D eigenvalue weighted by Gasteiger charge is -2.42. The number of ether oxygens (including phenoxy) is 6. The molecule has 2 aliphatic rings. The van der Waals surface area contributed by atoms with E-state index >= 15 is 0 Å². The van der Waals surface area contributed by atoms with Crippen LogP contribution in [-0.2, 0) is 43.0 Å². The average molecular weight is 672 g/mol. The van der Waals surface area contributed by atoms with Gasteiger partial charge in [0.1, 0.15) is 18.1 Å². The summed E-state index contributed by atoms with van der Waals surface area (Å²) in [5.41, 5.74) is 3.45. The second-order valence-corrected chi connectivity index (χ2v) is 11.6. The molecular weight excluding hydrogens is 630 g/mol. The molecule has 2 N–H and O–H groups in total. The highest BCUT2D eigenvalue weighted by Crippen LogP contribution is 2.38. The van der Waals surface area contributed by atoms with Crippen molar-refractivity contribution in [3.05, 3.63) is 59.7 Å². The fourth-order valence-corrected chi connectivity index (χ4v) is 5.48. The number of hydroxylamine groups is 1. The lowest BCUT2D eigenvalue weighted by molar-refractivity contribution is -0.310. The molecule has 15 nitrogen and oxygen atoms in total. The van der Waals surface area contributed by atoms with Gasteiger partial charge in [-0.2, -0.15) is 0 Å².